The molecule has 3 aromatic rings. The second-order valence-electron chi connectivity index (χ2n) is 9.53. The van der Waals surface area contributed by atoms with Crippen molar-refractivity contribution in [1.82, 2.24) is 25.6 Å². The minimum atomic E-state index is -3.38. The highest BCUT2D eigenvalue weighted by Crippen LogP contribution is 2.26. The van der Waals surface area contributed by atoms with Crippen LogP contribution in [-0.2, 0) is 35.0 Å². The molecule has 10 nitrogen and oxygen atoms in total. The van der Waals surface area contributed by atoms with E-state index in [0.717, 1.165) is 11.1 Å². The maximum Gasteiger partial charge on any atom is 0.407 e. The lowest BCUT2D eigenvalue weighted by Crippen LogP contribution is -2.32. The first-order chi connectivity index (χ1) is 18.3. The van der Waals surface area contributed by atoms with Crippen molar-refractivity contribution in [2.45, 2.75) is 51.8 Å². The molecule has 208 valence electrons. The van der Waals surface area contributed by atoms with Gasteiger partial charge in [0.15, 0.2) is 5.82 Å². The van der Waals surface area contributed by atoms with Crippen molar-refractivity contribution in [3.8, 4) is 0 Å². The number of hydrogen-bond donors (Lipinski definition) is 4. The molecule has 0 radical (unpaired) electrons. The van der Waals surface area contributed by atoms with Gasteiger partial charge in [0.25, 0.3) is 5.56 Å². The number of carbonyl (C=O) groups excluding carboxylic acids is 2. The van der Waals surface area contributed by atoms with Crippen molar-refractivity contribution in [3.63, 3.8) is 0 Å². The number of nitrogens with zero attached hydrogens (tertiary/aromatic N) is 2. The zero-order valence-electron chi connectivity index (χ0n) is 21.6. The van der Waals surface area contributed by atoms with E-state index in [1.807, 2.05) is 0 Å². The van der Waals surface area contributed by atoms with E-state index in [0.29, 0.717) is 0 Å². The molecule has 2 heterocycles. The molecule has 0 aliphatic rings. The standard InChI is InChI=1S/C26H29ClF2N6O4/c1-25(2,3)39-24(38)32-14-17-9-5-4-8-16(17)13-31-20(36)12-18-21(27)35-23(37)22(34-18)33-15-26(28,29)19-10-6-7-11-30-19/h4-11H,12-15H2,1-3H3,(H,31,36)(H,32,38)(H,33,34)(H,35,37). The maximum atomic E-state index is 14.4. The Morgan fingerprint density at radius 1 is 1.03 bits per heavy atom. The smallest absolute Gasteiger partial charge is 0.407 e. The molecule has 0 spiro atoms. The van der Waals surface area contributed by atoms with Crippen molar-refractivity contribution in [2.75, 3.05) is 11.9 Å². The highest BCUT2D eigenvalue weighted by atomic mass is 35.5. The summed E-state index contributed by atoms with van der Waals surface area (Å²) in [4.78, 5) is 46.8. The topological polar surface area (TPSA) is 138 Å². The number of hydrogen-bond acceptors (Lipinski definition) is 7. The molecule has 13 heteroatoms. The molecule has 0 aliphatic carbocycles. The van der Waals surface area contributed by atoms with Gasteiger partial charge in [-0.2, -0.15) is 8.78 Å². The Morgan fingerprint density at radius 3 is 2.28 bits per heavy atom. The fourth-order valence-corrected chi connectivity index (χ4v) is 3.55. The Kier molecular flexibility index (Phi) is 9.57. The van der Waals surface area contributed by atoms with Gasteiger partial charge in [0.1, 0.15) is 16.4 Å². The Hall–Kier alpha value is -4.06. The Bertz CT molecular complexity index is 1360. The molecular weight excluding hydrogens is 534 g/mol. The number of pyridine rings is 1. The van der Waals surface area contributed by atoms with Crippen molar-refractivity contribution >= 4 is 29.4 Å². The molecule has 0 atom stereocenters. The summed E-state index contributed by atoms with van der Waals surface area (Å²) in [7, 11) is 0. The number of anilines is 1. The van der Waals surface area contributed by atoms with Crippen LogP contribution in [-0.4, -0.2) is 39.1 Å². The minimum absolute atomic E-state index is 0.00250. The second kappa shape index (κ2) is 12.7. The molecule has 0 unspecified atom stereocenters. The van der Waals surface area contributed by atoms with Gasteiger partial charge in [-0.25, -0.2) is 9.78 Å². The summed E-state index contributed by atoms with van der Waals surface area (Å²) in [6, 6.07) is 11.3. The van der Waals surface area contributed by atoms with Gasteiger partial charge in [-0.15, -0.1) is 0 Å². The summed E-state index contributed by atoms with van der Waals surface area (Å²) >= 11 is 6.05. The number of benzene rings is 1. The number of aromatic amines is 1. The predicted molar refractivity (Wildman–Crippen MR) is 142 cm³/mol. The minimum Gasteiger partial charge on any atom is -0.444 e. The number of alkyl halides is 2. The Morgan fingerprint density at radius 2 is 1.67 bits per heavy atom. The quantitative estimate of drug-likeness (QED) is 0.294. The van der Waals surface area contributed by atoms with Crippen molar-refractivity contribution in [1.29, 1.82) is 0 Å². The van der Waals surface area contributed by atoms with E-state index in [1.165, 1.54) is 24.4 Å². The van der Waals surface area contributed by atoms with Gasteiger partial charge in [-0.1, -0.05) is 41.9 Å². The first-order valence-electron chi connectivity index (χ1n) is 12.0. The summed E-state index contributed by atoms with van der Waals surface area (Å²) < 4.78 is 34.1. The van der Waals surface area contributed by atoms with Crippen LogP contribution in [0.1, 0.15) is 43.3 Å². The first-order valence-corrected chi connectivity index (χ1v) is 12.3. The molecule has 0 aliphatic heterocycles. The van der Waals surface area contributed by atoms with Crippen LogP contribution in [0.5, 0.6) is 0 Å². The maximum absolute atomic E-state index is 14.4. The van der Waals surface area contributed by atoms with Crippen molar-refractivity contribution < 1.29 is 23.1 Å². The average molecular weight is 563 g/mol. The van der Waals surface area contributed by atoms with E-state index in [9.17, 15) is 23.2 Å². The predicted octanol–water partition coefficient (Wildman–Crippen LogP) is 3.91. The molecule has 39 heavy (non-hydrogen) atoms. The third-order valence-electron chi connectivity index (χ3n) is 5.20. The van der Waals surface area contributed by atoms with Crippen LogP contribution in [0.15, 0.2) is 53.5 Å². The number of aromatic nitrogens is 3. The van der Waals surface area contributed by atoms with E-state index in [-0.39, 0.29) is 30.4 Å². The third kappa shape index (κ3) is 9.02. The SMILES string of the molecule is CC(C)(C)OC(=O)NCc1ccccc1CNC(=O)Cc1nc(NCC(F)(F)c2ccccn2)c(=O)[nH]c1Cl. The number of halogens is 3. The monoisotopic (exact) mass is 562 g/mol. The van der Waals surface area contributed by atoms with Crippen LogP contribution < -0.4 is 21.5 Å². The molecular formula is C26H29ClF2N6O4. The van der Waals surface area contributed by atoms with Crippen LogP contribution >= 0.6 is 11.6 Å². The highest BCUT2D eigenvalue weighted by molar-refractivity contribution is 6.30. The average Bonchev–Trinajstić information content (AvgIpc) is 2.87. The van der Waals surface area contributed by atoms with Crippen molar-refractivity contribution in [2.24, 2.45) is 0 Å². The van der Waals surface area contributed by atoms with E-state index >= 15 is 0 Å². The lowest BCUT2D eigenvalue weighted by molar-refractivity contribution is -0.120. The van der Waals surface area contributed by atoms with Crippen LogP contribution in [0.4, 0.5) is 19.4 Å². The zero-order valence-corrected chi connectivity index (χ0v) is 22.4. The number of ether oxygens (including phenoxy) is 1. The van der Waals surface area contributed by atoms with Gasteiger partial charge in [-0.05, 0) is 44.0 Å². The number of H-pyrrole nitrogens is 1. The van der Waals surface area contributed by atoms with Gasteiger partial charge in [-0.3, -0.25) is 14.6 Å². The lowest BCUT2D eigenvalue weighted by Gasteiger charge is -2.20. The van der Waals surface area contributed by atoms with Crippen LogP contribution in [0, 0.1) is 0 Å². The number of rotatable bonds is 10. The second-order valence-corrected chi connectivity index (χ2v) is 9.90. The summed E-state index contributed by atoms with van der Waals surface area (Å²) in [6.45, 7) is 4.66. The molecule has 0 bridgehead atoms. The third-order valence-corrected chi connectivity index (χ3v) is 5.51. The van der Waals surface area contributed by atoms with Gasteiger partial charge in [0.05, 0.1) is 18.7 Å². The fraction of sp³-hybridized carbons (Fsp3) is 0.346. The number of amides is 2. The van der Waals surface area contributed by atoms with Gasteiger partial charge < -0.3 is 25.7 Å². The summed E-state index contributed by atoms with van der Waals surface area (Å²) in [5.74, 6) is -4.26. The molecule has 2 amide bonds. The van der Waals surface area contributed by atoms with Crippen LogP contribution in [0.2, 0.25) is 5.15 Å². The lowest BCUT2D eigenvalue weighted by atomic mass is 10.1. The molecule has 1 aromatic carbocycles. The van der Waals surface area contributed by atoms with Gasteiger partial charge in [0, 0.05) is 19.3 Å². The number of carbonyl (C=O) groups is 2. The normalized spacial score (nSPS) is 11.5. The molecule has 0 saturated carbocycles. The zero-order chi connectivity index (χ0) is 28.6. The Labute approximate surface area is 228 Å². The van der Waals surface area contributed by atoms with E-state index < -0.39 is 47.1 Å². The van der Waals surface area contributed by atoms with Crippen LogP contribution in [0.3, 0.4) is 0 Å². The fourth-order valence-electron chi connectivity index (χ4n) is 3.36. The number of alkyl carbamates (subject to hydrolysis) is 1. The molecule has 0 saturated heterocycles. The van der Waals surface area contributed by atoms with Crippen LogP contribution in [0.25, 0.3) is 0 Å². The Balaban J connectivity index is 1.61. The number of nitrogens with one attached hydrogen (secondary N) is 4. The largest absolute Gasteiger partial charge is 0.444 e. The van der Waals surface area contributed by atoms with E-state index in [2.05, 4.69) is 30.9 Å². The highest BCUT2D eigenvalue weighted by Gasteiger charge is 2.33. The first kappa shape index (κ1) is 29.5. The van der Waals surface area contributed by atoms with Crippen molar-refractivity contribution in [3.05, 3.63) is 86.7 Å². The van der Waals surface area contributed by atoms with E-state index in [1.54, 1.807) is 45.0 Å². The molecule has 4 N–H and O–H groups in total. The van der Waals surface area contributed by atoms with Gasteiger partial charge in [0.2, 0.25) is 5.91 Å². The summed E-state index contributed by atoms with van der Waals surface area (Å²) in [6.07, 6.45) is 0.352. The summed E-state index contributed by atoms with van der Waals surface area (Å²) in [5.41, 5.74) is -0.399. The summed E-state index contributed by atoms with van der Waals surface area (Å²) in [5, 5.41) is 7.54. The van der Waals surface area contributed by atoms with E-state index in [4.69, 9.17) is 16.3 Å². The molecule has 0 fully saturated rings. The van der Waals surface area contributed by atoms with Gasteiger partial charge >= 0.3 is 12.0 Å². The molecule has 3 rings (SSSR count). The molecule has 2 aromatic heterocycles.